The molecule has 0 bridgehead atoms. The number of para-hydroxylation sites is 1. The number of ether oxygens (including phenoxy) is 1. The van der Waals surface area contributed by atoms with Crippen LogP contribution in [-0.2, 0) is 4.74 Å². The molecule has 3 N–H and O–H groups in total. The maximum atomic E-state index is 6.02. The van der Waals surface area contributed by atoms with Gasteiger partial charge in [-0.3, -0.25) is 0 Å². The number of rotatable bonds is 3. The fourth-order valence-corrected chi connectivity index (χ4v) is 2.76. The maximum Gasteiger partial charge on any atom is 0.0793 e. The Bertz CT molecular complexity index is 351. The molecule has 3 nitrogen and oxygen atoms in total. The summed E-state index contributed by atoms with van der Waals surface area (Å²) in [6.07, 6.45) is 0.304. The van der Waals surface area contributed by atoms with Gasteiger partial charge in [-0.2, -0.15) is 0 Å². The first-order chi connectivity index (χ1) is 7.77. The van der Waals surface area contributed by atoms with Gasteiger partial charge in [0.1, 0.15) is 0 Å². The summed E-state index contributed by atoms with van der Waals surface area (Å²) in [4.78, 5) is 1.16. The van der Waals surface area contributed by atoms with Gasteiger partial charge < -0.3 is 15.8 Å². The zero-order valence-electron chi connectivity index (χ0n) is 9.53. The van der Waals surface area contributed by atoms with Crippen molar-refractivity contribution in [2.24, 2.45) is 0 Å². The number of morpholine rings is 1. The highest BCUT2D eigenvalue weighted by Gasteiger charge is 2.14. The Labute approximate surface area is 101 Å². The Morgan fingerprint density at radius 1 is 1.56 bits per heavy atom. The molecule has 1 fully saturated rings. The lowest BCUT2D eigenvalue weighted by Crippen LogP contribution is -2.39. The smallest absolute Gasteiger partial charge is 0.0793 e. The first-order valence-electron chi connectivity index (χ1n) is 5.57. The summed E-state index contributed by atoms with van der Waals surface area (Å²) >= 11 is 1.78. The number of benzene rings is 1. The van der Waals surface area contributed by atoms with E-state index in [2.05, 4.69) is 11.4 Å². The first kappa shape index (κ1) is 11.8. The summed E-state index contributed by atoms with van der Waals surface area (Å²) in [7, 11) is 0. The van der Waals surface area contributed by atoms with E-state index >= 15 is 0 Å². The van der Waals surface area contributed by atoms with E-state index in [1.807, 2.05) is 19.1 Å². The lowest BCUT2D eigenvalue weighted by molar-refractivity contribution is 0.0441. The van der Waals surface area contributed by atoms with Crippen molar-refractivity contribution in [1.29, 1.82) is 0 Å². The Balaban J connectivity index is 1.91. The van der Waals surface area contributed by atoms with E-state index in [-0.39, 0.29) is 0 Å². The van der Waals surface area contributed by atoms with Crippen LogP contribution in [0.3, 0.4) is 0 Å². The number of hydrogen-bond donors (Lipinski definition) is 2. The van der Waals surface area contributed by atoms with E-state index in [4.69, 9.17) is 10.5 Å². The first-order valence-corrected chi connectivity index (χ1v) is 6.56. The van der Waals surface area contributed by atoms with Gasteiger partial charge in [-0.15, -0.1) is 11.8 Å². The molecule has 0 aromatic heterocycles. The summed E-state index contributed by atoms with van der Waals surface area (Å²) in [5, 5.41) is 3.33. The lowest BCUT2D eigenvalue weighted by Gasteiger charge is -2.23. The molecule has 88 valence electrons. The van der Waals surface area contributed by atoms with E-state index in [1.54, 1.807) is 11.8 Å². The van der Waals surface area contributed by atoms with Gasteiger partial charge in [0, 0.05) is 29.4 Å². The summed E-state index contributed by atoms with van der Waals surface area (Å²) in [5.74, 6) is 0.959. The van der Waals surface area contributed by atoms with Crippen LogP contribution in [0.25, 0.3) is 0 Å². The highest BCUT2D eigenvalue weighted by molar-refractivity contribution is 7.99. The topological polar surface area (TPSA) is 47.3 Å². The predicted molar refractivity (Wildman–Crippen MR) is 68.9 cm³/mol. The molecular weight excluding hydrogens is 220 g/mol. The lowest BCUT2D eigenvalue weighted by atomic mass is 10.2. The van der Waals surface area contributed by atoms with Crippen molar-refractivity contribution in [3.8, 4) is 0 Å². The minimum absolute atomic E-state index is 0.304. The summed E-state index contributed by atoms with van der Waals surface area (Å²) in [6, 6.07) is 6.16. The van der Waals surface area contributed by atoms with Gasteiger partial charge in [0.2, 0.25) is 0 Å². The van der Waals surface area contributed by atoms with Crippen LogP contribution in [0.4, 0.5) is 5.69 Å². The fourth-order valence-electron chi connectivity index (χ4n) is 1.69. The van der Waals surface area contributed by atoms with E-state index in [0.29, 0.717) is 6.10 Å². The molecule has 0 spiro atoms. The Morgan fingerprint density at radius 3 is 3.19 bits per heavy atom. The van der Waals surface area contributed by atoms with E-state index in [9.17, 15) is 0 Å². The third-order valence-electron chi connectivity index (χ3n) is 2.71. The molecule has 1 saturated heterocycles. The number of nitrogen functional groups attached to an aromatic ring is 1. The molecule has 0 amide bonds. The standard InChI is InChI=1S/C12H18N2OS/c1-9-3-2-4-11(12(9)13)16-8-10-7-14-5-6-15-10/h2-4,10,14H,5-8,13H2,1H3. The van der Waals surface area contributed by atoms with Gasteiger partial charge >= 0.3 is 0 Å². The molecular formula is C12H18N2OS. The van der Waals surface area contributed by atoms with Crippen molar-refractivity contribution in [3.63, 3.8) is 0 Å². The van der Waals surface area contributed by atoms with Gasteiger partial charge in [-0.05, 0) is 18.6 Å². The van der Waals surface area contributed by atoms with E-state index in [0.717, 1.165) is 41.6 Å². The number of nitrogens with one attached hydrogen (secondary N) is 1. The predicted octanol–water partition coefficient (Wildman–Crippen LogP) is 1.66. The number of aryl methyl sites for hydroxylation is 1. The highest BCUT2D eigenvalue weighted by Crippen LogP contribution is 2.28. The SMILES string of the molecule is Cc1cccc(SCC2CNCCO2)c1N. The van der Waals surface area contributed by atoms with Crippen LogP contribution in [0.5, 0.6) is 0 Å². The molecule has 0 aliphatic carbocycles. The van der Waals surface area contributed by atoms with Crippen molar-refractivity contribution in [1.82, 2.24) is 5.32 Å². The minimum Gasteiger partial charge on any atom is -0.398 e. The van der Waals surface area contributed by atoms with Crippen LogP contribution < -0.4 is 11.1 Å². The van der Waals surface area contributed by atoms with Gasteiger partial charge in [-0.25, -0.2) is 0 Å². The largest absolute Gasteiger partial charge is 0.398 e. The second kappa shape index (κ2) is 5.57. The van der Waals surface area contributed by atoms with E-state index < -0.39 is 0 Å². The molecule has 0 radical (unpaired) electrons. The maximum absolute atomic E-state index is 6.02. The van der Waals surface area contributed by atoms with E-state index in [1.165, 1.54) is 0 Å². The molecule has 16 heavy (non-hydrogen) atoms. The van der Waals surface area contributed by atoms with Gasteiger partial charge in [0.15, 0.2) is 0 Å². The van der Waals surface area contributed by atoms with Crippen LogP contribution in [0.15, 0.2) is 23.1 Å². The molecule has 1 aliphatic rings. The van der Waals surface area contributed by atoms with Gasteiger partial charge in [-0.1, -0.05) is 12.1 Å². The summed E-state index contributed by atoms with van der Waals surface area (Å²) in [6.45, 7) is 4.76. The second-order valence-electron chi connectivity index (χ2n) is 3.99. The second-order valence-corrected chi connectivity index (χ2v) is 5.06. The minimum atomic E-state index is 0.304. The third kappa shape index (κ3) is 2.90. The molecule has 1 unspecified atom stereocenters. The summed E-state index contributed by atoms with van der Waals surface area (Å²) < 4.78 is 5.65. The Hall–Kier alpha value is -0.710. The van der Waals surface area contributed by atoms with Crippen molar-refractivity contribution in [3.05, 3.63) is 23.8 Å². The number of nitrogens with two attached hydrogens (primary N) is 1. The molecule has 1 aliphatic heterocycles. The average molecular weight is 238 g/mol. The molecule has 0 saturated carbocycles. The van der Waals surface area contributed by atoms with Crippen molar-refractivity contribution in [2.45, 2.75) is 17.9 Å². The third-order valence-corrected chi connectivity index (χ3v) is 3.92. The normalized spacial score (nSPS) is 20.9. The zero-order valence-corrected chi connectivity index (χ0v) is 10.3. The number of hydrogen-bond acceptors (Lipinski definition) is 4. The molecule has 2 rings (SSSR count). The molecule has 1 atom stereocenters. The summed E-state index contributed by atoms with van der Waals surface area (Å²) in [5.41, 5.74) is 8.07. The van der Waals surface area contributed by atoms with Crippen LogP contribution in [-0.4, -0.2) is 31.6 Å². The van der Waals surface area contributed by atoms with Gasteiger partial charge in [0.25, 0.3) is 0 Å². The molecule has 1 aromatic carbocycles. The number of thioether (sulfide) groups is 1. The Kier molecular flexibility index (Phi) is 4.09. The van der Waals surface area contributed by atoms with Crippen molar-refractivity contribution in [2.75, 3.05) is 31.2 Å². The average Bonchev–Trinajstić information content (AvgIpc) is 2.32. The van der Waals surface area contributed by atoms with Gasteiger partial charge in [0.05, 0.1) is 12.7 Å². The van der Waals surface area contributed by atoms with Crippen LogP contribution in [0, 0.1) is 6.92 Å². The monoisotopic (exact) mass is 238 g/mol. The van der Waals surface area contributed by atoms with Crippen LogP contribution in [0.2, 0.25) is 0 Å². The molecule has 4 heteroatoms. The quantitative estimate of drug-likeness (QED) is 0.621. The van der Waals surface area contributed by atoms with Crippen molar-refractivity contribution < 1.29 is 4.74 Å². The zero-order chi connectivity index (χ0) is 11.4. The van der Waals surface area contributed by atoms with Crippen molar-refractivity contribution >= 4 is 17.4 Å². The van der Waals surface area contributed by atoms with Crippen LogP contribution >= 0.6 is 11.8 Å². The highest BCUT2D eigenvalue weighted by atomic mass is 32.2. The molecule has 1 aromatic rings. The number of anilines is 1. The van der Waals surface area contributed by atoms with Crippen LogP contribution in [0.1, 0.15) is 5.56 Å². The fraction of sp³-hybridized carbons (Fsp3) is 0.500. The molecule has 1 heterocycles. The Morgan fingerprint density at radius 2 is 2.44 bits per heavy atom.